The van der Waals surface area contributed by atoms with E-state index in [4.69, 9.17) is 9.47 Å². The fourth-order valence-electron chi connectivity index (χ4n) is 6.72. The number of nitrogens with one attached hydrogen (secondary N) is 1. The summed E-state index contributed by atoms with van der Waals surface area (Å²) >= 11 is 0. The Morgan fingerprint density at radius 1 is 1.11 bits per heavy atom. The number of ketones is 1. The average Bonchev–Trinajstić information content (AvgIpc) is 3.58. The van der Waals surface area contributed by atoms with Gasteiger partial charge in [-0.05, 0) is 62.1 Å². The summed E-state index contributed by atoms with van der Waals surface area (Å²) in [5.74, 6) is -6.06. The molecule has 0 spiro atoms. The molecule has 2 amide bonds. The van der Waals surface area contributed by atoms with Crippen LogP contribution in [0.4, 0.5) is 26.7 Å². The molecule has 1 aromatic heterocycles. The summed E-state index contributed by atoms with van der Waals surface area (Å²) in [5.41, 5.74) is -1.41. The minimum absolute atomic E-state index is 0.0122. The van der Waals surface area contributed by atoms with Crippen molar-refractivity contribution in [1.29, 1.82) is 0 Å². The lowest BCUT2D eigenvalue weighted by Gasteiger charge is -2.35. The van der Waals surface area contributed by atoms with Crippen molar-refractivity contribution >= 4 is 28.7 Å². The predicted octanol–water partition coefficient (Wildman–Crippen LogP) is 6.90. The van der Waals surface area contributed by atoms with E-state index >= 15 is 8.78 Å². The van der Waals surface area contributed by atoms with Crippen LogP contribution in [0.5, 0.6) is 11.6 Å². The minimum Gasteiger partial charge on any atom is -0.472 e. The summed E-state index contributed by atoms with van der Waals surface area (Å²) in [4.78, 5) is 45.7. The summed E-state index contributed by atoms with van der Waals surface area (Å²) in [7, 11) is 0. The van der Waals surface area contributed by atoms with Crippen molar-refractivity contribution in [3.8, 4) is 11.6 Å². The molecule has 2 aromatic rings. The molecule has 1 saturated heterocycles. The Morgan fingerprint density at radius 2 is 1.83 bits per heavy atom. The van der Waals surface area contributed by atoms with Gasteiger partial charge in [-0.3, -0.25) is 9.59 Å². The number of benzene rings is 1. The fraction of sp³-hybridized carbons (Fsp3) is 0.636. The maximum Gasteiger partial charge on any atom is 0.573 e. The number of carbonyl (C=O) groups is 3. The van der Waals surface area contributed by atoms with Gasteiger partial charge in [0.1, 0.15) is 24.0 Å². The second-order valence-corrected chi connectivity index (χ2v) is 13.9. The van der Waals surface area contributed by atoms with Gasteiger partial charge in [-0.15, -0.1) is 13.2 Å². The third-order valence-corrected chi connectivity index (χ3v) is 9.22. The Morgan fingerprint density at radius 3 is 2.47 bits per heavy atom. The standard InChI is InChI=1S/C33H40F5N3O6/c1-6-21-25-16-41(26(21)17(2)42)29(43)27(31(3,4)5)40-30(44)46-24-14-19(24)9-7-8-12-32(34,35)22-13-18-10-11-20(47-33(36,37)38)15-23(18)39-28(22)45-25/h10-11,13,15,19,21,24-27H,6-9,12,14,16H2,1-5H3,(H,40,44)/t19-,21-,24-,25+,26-,27-/m1/s1. The molecular weight excluding hydrogens is 629 g/mol. The molecule has 5 rings (SSSR count). The molecular formula is C33H40F5N3O6. The minimum atomic E-state index is -4.98. The molecule has 3 heterocycles. The number of pyridine rings is 1. The molecule has 2 fully saturated rings. The number of nitrogens with zero attached hydrogens (tertiary/aromatic N) is 2. The number of hydrogen-bond acceptors (Lipinski definition) is 7. The normalized spacial score (nSPS) is 28.6. The largest absolute Gasteiger partial charge is 0.573 e. The number of alkyl carbamates (subject to hydrolysis) is 1. The van der Waals surface area contributed by atoms with Crippen LogP contribution >= 0.6 is 0 Å². The predicted molar refractivity (Wildman–Crippen MR) is 160 cm³/mol. The molecule has 1 N–H and O–H groups in total. The topological polar surface area (TPSA) is 107 Å². The van der Waals surface area contributed by atoms with Crippen LogP contribution in [0.15, 0.2) is 24.3 Å². The summed E-state index contributed by atoms with van der Waals surface area (Å²) in [6, 6.07) is 2.30. The van der Waals surface area contributed by atoms with Gasteiger partial charge in [0, 0.05) is 23.8 Å². The maximum absolute atomic E-state index is 16.0. The first-order valence-electron chi connectivity index (χ1n) is 15.9. The van der Waals surface area contributed by atoms with E-state index in [1.807, 2.05) is 0 Å². The number of alkyl halides is 5. The second-order valence-electron chi connectivity index (χ2n) is 13.9. The fourth-order valence-corrected chi connectivity index (χ4v) is 6.72. The molecule has 0 radical (unpaired) electrons. The van der Waals surface area contributed by atoms with Crippen molar-refractivity contribution in [2.45, 2.75) is 110 Å². The Balaban J connectivity index is 1.59. The van der Waals surface area contributed by atoms with Gasteiger partial charge in [0.25, 0.3) is 5.92 Å². The molecule has 258 valence electrons. The first-order chi connectivity index (χ1) is 21.9. The van der Waals surface area contributed by atoms with Crippen LogP contribution in [0, 0.1) is 17.3 Å². The Bertz CT molecular complexity index is 1530. The molecule has 9 nitrogen and oxygen atoms in total. The second kappa shape index (κ2) is 12.7. The SMILES string of the molecule is CC[C@@H]1[C@@H]2CN(C(=O)[C@H](C(C)(C)C)NC(=O)O[C@@H]3C[C@H]3CCCCC(F)(F)c3cc4ccc(OC(F)(F)F)cc4nc3O2)[C@@H]1C(C)=O. The molecule has 2 bridgehead atoms. The van der Waals surface area contributed by atoms with Crippen LogP contribution in [0.2, 0.25) is 0 Å². The number of carbonyl (C=O) groups excluding carboxylic acids is 3. The average molecular weight is 670 g/mol. The van der Waals surface area contributed by atoms with Crippen LogP contribution in [-0.4, -0.2) is 64.9 Å². The molecule has 1 saturated carbocycles. The van der Waals surface area contributed by atoms with E-state index in [2.05, 4.69) is 15.0 Å². The Kier molecular flexibility index (Phi) is 9.37. The summed E-state index contributed by atoms with van der Waals surface area (Å²) in [5, 5.41) is 2.86. The van der Waals surface area contributed by atoms with Crippen molar-refractivity contribution in [1.82, 2.24) is 15.2 Å². The first kappa shape index (κ1) is 34.6. The van der Waals surface area contributed by atoms with Gasteiger partial charge >= 0.3 is 12.5 Å². The van der Waals surface area contributed by atoms with Gasteiger partial charge in [0.2, 0.25) is 11.8 Å². The zero-order valence-electron chi connectivity index (χ0n) is 27.0. The van der Waals surface area contributed by atoms with E-state index in [1.54, 1.807) is 27.7 Å². The van der Waals surface area contributed by atoms with E-state index < -0.39 is 77.4 Å². The number of halogens is 5. The van der Waals surface area contributed by atoms with Crippen molar-refractivity contribution in [3.63, 3.8) is 0 Å². The molecule has 14 heteroatoms. The Hall–Kier alpha value is -3.71. The lowest BCUT2D eigenvalue weighted by Crippen LogP contribution is -2.57. The first-order valence-corrected chi connectivity index (χ1v) is 15.9. The number of aromatic nitrogens is 1. The highest BCUT2D eigenvalue weighted by molar-refractivity contribution is 5.92. The third kappa shape index (κ3) is 7.72. The third-order valence-electron chi connectivity index (χ3n) is 9.22. The van der Waals surface area contributed by atoms with Crippen molar-refractivity contribution in [2.24, 2.45) is 17.3 Å². The number of ether oxygens (including phenoxy) is 3. The van der Waals surface area contributed by atoms with Crippen LogP contribution in [0.1, 0.15) is 78.7 Å². The lowest BCUT2D eigenvalue weighted by atomic mass is 9.85. The van der Waals surface area contributed by atoms with E-state index in [9.17, 15) is 27.6 Å². The van der Waals surface area contributed by atoms with Gasteiger partial charge < -0.3 is 24.4 Å². The zero-order chi connectivity index (χ0) is 34.5. The van der Waals surface area contributed by atoms with Gasteiger partial charge in [-0.1, -0.05) is 34.1 Å². The summed E-state index contributed by atoms with van der Waals surface area (Å²) in [6.07, 6.45) is -5.62. The van der Waals surface area contributed by atoms with Crippen LogP contribution in [-0.2, 0) is 20.2 Å². The van der Waals surface area contributed by atoms with Gasteiger partial charge in [0.15, 0.2) is 5.78 Å². The number of Topliss-reactive ketones (excluding diaryl/α,β-unsaturated/α-hetero) is 1. The van der Waals surface area contributed by atoms with Crippen molar-refractivity contribution < 1.29 is 50.5 Å². The van der Waals surface area contributed by atoms with Crippen LogP contribution in [0.25, 0.3) is 10.9 Å². The quantitative estimate of drug-likeness (QED) is 0.355. The van der Waals surface area contributed by atoms with Crippen LogP contribution in [0.3, 0.4) is 0 Å². The molecule has 3 aliphatic rings. The lowest BCUT2D eigenvalue weighted by molar-refractivity contribution is -0.274. The van der Waals surface area contributed by atoms with Gasteiger partial charge in [-0.25, -0.2) is 18.6 Å². The summed E-state index contributed by atoms with van der Waals surface area (Å²) in [6.45, 7) is 8.19. The van der Waals surface area contributed by atoms with Crippen LogP contribution < -0.4 is 14.8 Å². The molecule has 6 atom stereocenters. The van der Waals surface area contributed by atoms with Gasteiger partial charge in [0.05, 0.1) is 23.7 Å². The molecule has 2 aliphatic heterocycles. The van der Waals surface area contributed by atoms with E-state index in [1.165, 1.54) is 17.9 Å². The number of rotatable bonds is 3. The maximum atomic E-state index is 16.0. The summed E-state index contributed by atoms with van der Waals surface area (Å²) < 4.78 is 86.6. The molecule has 0 unspecified atom stereocenters. The van der Waals surface area contributed by atoms with E-state index in [-0.39, 0.29) is 41.7 Å². The van der Waals surface area contributed by atoms with Crippen molar-refractivity contribution in [2.75, 3.05) is 6.54 Å². The van der Waals surface area contributed by atoms with Crippen molar-refractivity contribution in [3.05, 3.63) is 29.8 Å². The Labute approximate surface area is 269 Å². The highest BCUT2D eigenvalue weighted by atomic mass is 19.4. The number of hydrogen-bond donors (Lipinski definition) is 1. The monoisotopic (exact) mass is 669 g/mol. The number of amides is 2. The zero-order valence-corrected chi connectivity index (χ0v) is 27.0. The smallest absolute Gasteiger partial charge is 0.472 e. The molecule has 1 aromatic carbocycles. The van der Waals surface area contributed by atoms with E-state index in [0.717, 1.165) is 18.2 Å². The molecule has 47 heavy (non-hydrogen) atoms. The highest BCUT2D eigenvalue weighted by Crippen LogP contribution is 2.44. The van der Waals surface area contributed by atoms with E-state index in [0.29, 0.717) is 25.7 Å². The van der Waals surface area contributed by atoms with Gasteiger partial charge in [-0.2, -0.15) is 0 Å². The molecule has 1 aliphatic carbocycles. The highest BCUT2D eigenvalue weighted by Gasteiger charge is 2.51. The number of fused-ring (bicyclic) bond motifs is 5.